The molecule has 0 saturated carbocycles. The van der Waals surface area contributed by atoms with Crippen molar-refractivity contribution in [3.63, 3.8) is 0 Å². The highest BCUT2D eigenvalue weighted by molar-refractivity contribution is 5.76. The standard InChI is InChI=1S/C20H29N3O/c1-14(2)13-23-17(5)19(16(4)22-23)11-12-20(24)21-15(3)18-9-7-6-8-10-18/h6-10,14-15H,11-13H2,1-5H3,(H,21,24). The van der Waals surface area contributed by atoms with Gasteiger partial charge in [-0.05, 0) is 44.2 Å². The Hall–Kier alpha value is -2.10. The molecule has 0 aliphatic heterocycles. The lowest BCUT2D eigenvalue weighted by molar-refractivity contribution is -0.121. The lowest BCUT2D eigenvalue weighted by atomic mass is 10.1. The molecular weight excluding hydrogens is 298 g/mol. The minimum absolute atomic E-state index is 0.0320. The number of nitrogens with zero attached hydrogens (tertiary/aromatic N) is 2. The van der Waals surface area contributed by atoms with Crippen LogP contribution in [0.5, 0.6) is 0 Å². The maximum atomic E-state index is 12.3. The molecule has 0 bridgehead atoms. The monoisotopic (exact) mass is 327 g/mol. The van der Waals surface area contributed by atoms with Crippen LogP contribution in [0.3, 0.4) is 0 Å². The maximum Gasteiger partial charge on any atom is 0.220 e. The summed E-state index contributed by atoms with van der Waals surface area (Å²) in [5.74, 6) is 0.646. The van der Waals surface area contributed by atoms with Crippen molar-refractivity contribution in [2.24, 2.45) is 5.92 Å². The molecule has 1 aromatic carbocycles. The fourth-order valence-electron chi connectivity index (χ4n) is 3.00. The zero-order valence-corrected chi connectivity index (χ0v) is 15.5. The first kappa shape index (κ1) is 18.2. The van der Waals surface area contributed by atoms with E-state index < -0.39 is 0 Å². The Kier molecular flexibility index (Phi) is 6.18. The summed E-state index contributed by atoms with van der Waals surface area (Å²) in [5, 5.41) is 7.70. The molecule has 0 aliphatic carbocycles. The van der Waals surface area contributed by atoms with Gasteiger partial charge in [0.25, 0.3) is 0 Å². The summed E-state index contributed by atoms with van der Waals surface area (Å²) in [5.41, 5.74) is 4.56. The number of rotatable bonds is 7. The largest absolute Gasteiger partial charge is 0.350 e. The van der Waals surface area contributed by atoms with Crippen LogP contribution in [0.1, 0.15) is 55.7 Å². The van der Waals surface area contributed by atoms with Crippen LogP contribution in [-0.2, 0) is 17.8 Å². The van der Waals surface area contributed by atoms with Gasteiger partial charge in [-0.15, -0.1) is 0 Å². The zero-order chi connectivity index (χ0) is 17.7. The molecule has 1 heterocycles. The van der Waals surface area contributed by atoms with Gasteiger partial charge in [-0.1, -0.05) is 44.2 Å². The third-order valence-electron chi connectivity index (χ3n) is 4.35. The molecule has 0 fully saturated rings. The van der Waals surface area contributed by atoms with Crippen LogP contribution >= 0.6 is 0 Å². The Morgan fingerprint density at radius 3 is 2.46 bits per heavy atom. The second kappa shape index (κ2) is 8.13. The number of carbonyl (C=O) groups excluding carboxylic acids is 1. The quantitative estimate of drug-likeness (QED) is 0.836. The van der Waals surface area contributed by atoms with Gasteiger partial charge in [-0.25, -0.2) is 0 Å². The summed E-state index contributed by atoms with van der Waals surface area (Å²) in [7, 11) is 0. The van der Waals surface area contributed by atoms with Crippen molar-refractivity contribution < 1.29 is 4.79 Å². The van der Waals surface area contributed by atoms with Gasteiger partial charge in [-0.3, -0.25) is 9.48 Å². The molecule has 4 nitrogen and oxygen atoms in total. The average Bonchev–Trinajstić information content (AvgIpc) is 2.79. The number of aromatic nitrogens is 2. The highest BCUT2D eigenvalue weighted by Crippen LogP contribution is 2.17. The predicted octanol–water partition coefficient (Wildman–Crippen LogP) is 3.97. The number of aryl methyl sites for hydroxylation is 1. The minimum atomic E-state index is 0.0320. The molecule has 1 aromatic heterocycles. The van der Waals surface area contributed by atoms with E-state index in [1.807, 2.05) is 44.2 Å². The number of hydrogen-bond acceptors (Lipinski definition) is 2. The van der Waals surface area contributed by atoms with Gasteiger partial charge in [0, 0.05) is 18.7 Å². The van der Waals surface area contributed by atoms with E-state index in [2.05, 4.69) is 35.9 Å². The van der Waals surface area contributed by atoms with Crippen LogP contribution < -0.4 is 5.32 Å². The predicted molar refractivity (Wildman–Crippen MR) is 97.9 cm³/mol. The van der Waals surface area contributed by atoms with Crippen molar-refractivity contribution in [3.05, 3.63) is 52.8 Å². The number of amides is 1. The molecule has 0 radical (unpaired) electrons. The van der Waals surface area contributed by atoms with Gasteiger partial charge in [0.2, 0.25) is 5.91 Å². The van der Waals surface area contributed by atoms with Crippen molar-refractivity contribution >= 4 is 5.91 Å². The van der Waals surface area contributed by atoms with Gasteiger partial charge in [-0.2, -0.15) is 5.10 Å². The summed E-state index contributed by atoms with van der Waals surface area (Å²) in [6.45, 7) is 11.4. The Morgan fingerprint density at radius 2 is 1.83 bits per heavy atom. The minimum Gasteiger partial charge on any atom is -0.350 e. The van der Waals surface area contributed by atoms with Crippen molar-refractivity contribution in [1.82, 2.24) is 15.1 Å². The van der Waals surface area contributed by atoms with E-state index in [4.69, 9.17) is 0 Å². The van der Waals surface area contributed by atoms with E-state index in [1.165, 1.54) is 11.3 Å². The zero-order valence-electron chi connectivity index (χ0n) is 15.5. The third-order valence-corrected chi connectivity index (χ3v) is 4.35. The van der Waals surface area contributed by atoms with Gasteiger partial charge in [0.15, 0.2) is 0 Å². The summed E-state index contributed by atoms with van der Waals surface area (Å²) in [4.78, 5) is 12.3. The molecular formula is C20H29N3O. The SMILES string of the molecule is Cc1nn(CC(C)C)c(C)c1CCC(=O)NC(C)c1ccccc1. The molecule has 2 aromatic rings. The number of benzene rings is 1. The third kappa shape index (κ3) is 4.70. The second-order valence-corrected chi connectivity index (χ2v) is 6.93. The Bertz CT molecular complexity index is 674. The van der Waals surface area contributed by atoms with Gasteiger partial charge >= 0.3 is 0 Å². The van der Waals surface area contributed by atoms with Crippen LogP contribution in [-0.4, -0.2) is 15.7 Å². The van der Waals surface area contributed by atoms with E-state index in [9.17, 15) is 4.79 Å². The molecule has 1 atom stereocenters. The topological polar surface area (TPSA) is 46.9 Å². The molecule has 130 valence electrons. The highest BCUT2D eigenvalue weighted by Gasteiger charge is 2.15. The van der Waals surface area contributed by atoms with Gasteiger partial charge in [0.1, 0.15) is 0 Å². The summed E-state index contributed by atoms with van der Waals surface area (Å²) in [6, 6.07) is 10.1. The number of hydrogen-bond donors (Lipinski definition) is 1. The Labute approximate surface area is 145 Å². The van der Waals surface area contributed by atoms with Crippen molar-refractivity contribution in [2.45, 2.75) is 60.0 Å². The van der Waals surface area contributed by atoms with Crippen molar-refractivity contribution in [3.8, 4) is 0 Å². The smallest absolute Gasteiger partial charge is 0.220 e. The Balaban J connectivity index is 1.93. The normalized spacial score (nSPS) is 12.4. The van der Waals surface area contributed by atoms with Crippen LogP contribution in [0.15, 0.2) is 30.3 Å². The molecule has 2 rings (SSSR count). The summed E-state index contributed by atoms with van der Waals surface area (Å²) >= 11 is 0. The van der Waals surface area contributed by atoms with E-state index in [1.54, 1.807) is 0 Å². The van der Waals surface area contributed by atoms with Crippen LogP contribution in [0.25, 0.3) is 0 Å². The lowest BCUT2D eigenvalue weighted by Crippen LogP contribution is -2.26. The molecule has 0 saturated heterocycles. The highest BCUT2D eigenvalue weighted by atomic mass is 16.1. The van der Waals surface area contributed by atoms with E-state index in [-0.39, 0.29) is 11.9 Å². The molecule has 24 heavy (non-hydrogen) atoms. The fourth-order valence-corrected chi connectivity index (χ4v) is 3.00. The van der Waals surface area contributed by atoms with Gasteiger partial charge in [0.05, 0.1) is 11.7 Å². The van der Waals surface area contributed by atoms with Crippen molar-refractivity contribution in [1.29, 1.82) is 0 Å². The van der Waals surface area contributed by atoms with E-state index in [0.29, 0.717) is 12.3 Å². The molecule has 1 N–H and O–H groups in total. The molecule has 0 aliphatic rings. The molecule has 4 heteroatoms. The first-order chi connectivity index (χ1) is 11.4. The van der Waals surface area contributed by atoms with Crippen LogP contribution in [0, 0.1) is 19.8 Å². The molecule has 1 unspecified atom stereocenters. The summed E-state index contributed by atoms with van der Waals surface area (Å²) in [6.07, 6.45) is 1.23. The Morgan fingerprint density at radius 1 is 1.17 bits per heavy atom. The van der Waals surface area contributed by atoms with E-state index in [0.717, 1.165) is 24.2 Å². The number of carbonyl (C=O) groups is 1. The van der Waals surface area contributed by atoms with Crippen LogP contribution in [0.2, 0.25) is 0 Å². The number of nitrogens with one attached hydrogen (secondary N) is 1. The maximum absolute atomic E-state index is 12.3. The molecule has 0 spiro atoms. The average molecular weight is 327 g/mol. The summed E-state index contributed by atoms with van der Waals surface area (Å²) < 4.78 is 2.07. The first-order valence-electron chi connectivity index (χ1n) is 8.75. The van der Waals surface area contributed by atoms with E-state index >= 15 is 0 Å². The van der Waals surface area contributed by atoms with Gasteiger partial charge < -0.3 is 5.32 Å². The lowest BCUT2D eigenvalue weighted by Gasteiger charge is -2.14. The molecule has 1 amide bonds. The van der Waals surface area contributed by atoms with Crippen molar-refractivity contribution in [2.75, 3.05) is 0 Å². The fraction of sp³-hybridized carbons (Fsp3) is 0.500. The second-order valence-electron chi connectivity index (χ2n) is 6.93. The first-order valence-corrected chi connectivity index (χ1v) is 8.75. The van der Waals surface area contributed by atoms with Crippen LogP contribution in [0.4, 0.5) is 0 Å².